The van der Waals surface area contributed by atoms with E-state index in [1.165, 1.54) is 6.07 Å². The summed E-state index contributed by atoms with van der Waals surface area (Å²) in [7, 11) is 0. The number of rotatable bonds is 2. The van der Waals surface area contributed by atoms with Crippen LogP contribution in [-0.2, 0) is 6.42 Å². The van der Waals surface area contributed by atoms with Crippen LogP contribution in [0.1, 0.15) is 12.0 Å². The maximum Gasteiger partial charge on any atom is 0.142 e. The first-order valence-corrected chi connectivity index (χ1v) is 3.93. The molecule has 0 fully saturated rings. The summed E-state index contributed by atoms with van der Waals surface area (Å²) in [4.78, 5) is 0. The van der Waals surface area contributed by atoms with Crippen molar-refractivity contribution in [2.75, 3.05) is 0 Å². The number of hydrogen-bond donors (Lipinski definition) is 0. The standard InChI is InChI=1S/C9H7ClFN/c10-9-7(4-2-6-12)3-1-5-8(9)11/h1,3,5H,2,4H2. The van der Waals surface area contributed by atoms with E-state index in [0.717, 1.165) is 0 Å². The Hall–Kier alpha value is -1.07. The lowest BCUT2D eigenvalue weighted by Gasteiger charge is -2.00. The van der Waals surface area contributed by atoms with Gasteiger partial charge in [0, 0.05) is 6.42 Å². The van der Waals surface area contributed by atoms with Gasteiger partial charge in [0.05, 0.1) is 11.1 Å². The summed E-state index contributed by atoms with van der Waals surface area (Å²) in [5, 5.41) is 8.43. The molecule has 0 N–H and O–H groups in total. The second-order valence-electron chi connectivity index (χ2n) is 2.37. The Bertz CT molecular complexity index is 317. The zero-order valence-corrected chi connectivity index (χ0v) is 7.11. The fraction of sp³-hybridized carbons (Fsp3) is 0.222. The lowest BCUT2D eigenvalue weighted by Crippen LogP contribution is -1.87. The highest BCUT2D eigenvalue weighted by molar-refractivity contribution is 6.31. The van der Waals surface area contributed by atoms with Crippen molar-refractivity contribution < 1.29 is 4.39 Å². The highest BCUT2D eigenvalue weighted by Gasteiger charge is 2.03. The molecule has 0 aromatic heterocycles. The molecule has 0 radical (unpaired) electrons. The van der Waals surface area contributed by atoms with Gasteiger partial charge in [0.25, 0.3) is 0 Å². The number of halogens is 2. The molecule has 1 nitrogen and oxygen atoms in total. The topological polar surface area (TPSA) is 23.8 Å². The SMILES string of the molecule is N#CCCc1cccc(F)c1Cl. The third-order valence-corrected chi connectivity index (χ3v) is 1.96. The maximum atomic E-state index is 12.8. The molecule has 0 aliphatic heterocycles. The number of nitriles is 1. The van der Waals surface area contributed by atoms with E-state index in [9.17, 15) is 4.39 Å². The molecule has 0 amide bonds. The Morgan fingerprint density at radius 1 is 1.50 bits per heavy atom. The molecule has 1 aromatic carbocycles. The van der Waals surface area contributed by atoms with Crippen LogP contribution >= 0.6 is 11.6 Å². The van der Waals surface area contributed by atoms with Crippen LogP contribution in [0.15, 0.2) is 18.2 Å². The molecular weight excluding hydrogens is 177 g/mol. The lowest BCUT2D eigenvalue weighted by molar-refractivity contribution is 0.626. The van der Waals surface area contributed by atoms with E-state index in [2.05, 4.69) is 0 Å². The smallest absolute Gasteiger partial charge is 0.142 e. The van der Waals surface area contributed by atoms with Crippen molar-refractivity contribution in [3.05, 3.63) is 34.6 Å². The molecule has 0 saturated heterocycles. The van der Waals surface area contributed by atoms with E-state index in [0.29, 0.717) is 18.4 Å². The van der Waals surface area contributed by atoms with Crippen molar-refractivity contribution >= 4 is 11.6 Å². The molecule has 0 unspecified atom stereocenters. The third-order valence-electron chi connectivity index (χ3n) is 1.54. The molecular formula is C9H7ClFN. The Morgan fingerprint density at radius 2 is 2.25 bits per heavy atom. The Labute approximate surface area is 75.4 Å². The van der Waals surface area contributed by atoms with E-state index in [1.807, 2.05) is 6.07 Å². The molecule has 3 heteroatoms. The van der Waals surface area contributed by atoms with E-state index >= 15 is 0 Å². The van der Waals surface area contributed by atoms with Gasteiger partial charge < -0.3 is 0 Å². The number of aryl methyl sites for hydroxylation is 1. The quantitative estimate of drug-likeness (QED) is 0.692. The van der Waals surface area contributed by atoms with Gasteiger partial charge in [-0.3, -0.25) is 0 Å². The average Bonchev–Trinajstić information content (AvgIpc) is 2.08. The van der Waals surface area contributed by atoms with E-state index < -0.39 is 5.82 Å². The Kier molecular flexibility index (Phi) is 3.07. The Morgan fingerprint density at radius 3 is 2.92 bits per heavy atom. The van der Waals surface area contributed by atoms with Gasteiger partial charge in [0.2, 0.25) is 0 Å². The van der Waals surface area contributed by atoms with Crippen molar-refractivity contribution in [3.8, 4) is 6.07 Å². The van der Waals surface area contributed by atoms with Crippen LogP contribution in [0.2, 0.25) is 5.02 Å². The first kappa shape index (κ1) is 9.02. The van der Waals surface area contributed by atoms with Crippen molar-refractivity contribution in [1.82, 2.24) is 0 Å². The van der Waals surface area contributed by atoms with E-state index in [4.69, 9.17) is 16.9 Å². The molecule has 12 heavy (non-hydrogen) atoms. The first-order chi connectivity index (χ1) is 5.75. The summed E-state index contributed by atoms with van der Waals surface area (Å²) in [6.07, 6.45) is 0.871. The van der Waals surface area contributed by atoms with Gasteiger partial charge in [0.15, 0.2) is 0 Å². The van der Waals surface area contributed by atoms with Crippen LogP contribution in [0.4, 0.5) is 4.39 Å². The predicted octanol–water partition coefficient (Wildman–Crippen LogP) is 2.94. The molecule has 0 spiro atoms. The first-order valence-electron chi connectivity index (χ1n) is 3.55. The molecule has 1 rings (SSSR count). The summed E-state index contributed by atoms with van der Waals surface area (Å²) in [5.41, 5.74) is 0.693. The van der Waals surface area contributed by atoms with Crippen molar-refractivity contribution in [3.63, 3.8) is 0 Å². The van der Waals surface area contributed by atoms with E-state index in [1.54, 1.807) is 12.1 Å². The molecule has 0 bridgehead atoms. The molecule has 62 valence electrons. The van der Waals surface area contributed by atoms with Crippen LogP contribution in [0, 0.1) is 17.1 Å². The van der Waals surface area contributed by atoms with Crippen LogP contribution in [0.5, 0.6) is 0 Å². The summed E-state index contributed by atoms with van der Waals surface area (Å²) in [6.45, 7) is 0. The van der Waals surface area contributed by atoms with Crippen LogP contribution in [-0.4, -0.2) is 0 Å². The number of nitrogens with zero attached hydrogens (tertiary/aromatic N) is 1. The zero-order chi connectivity index (χ0) is 8.97. The lowest BCUT2D eigenvalue weighted by atomic mass is 10.1. The van der Waals surface area contributed by atoms with Crippen molar-refractivity contribution in [2.45, 2.75) is 12.8 Å². The molecule has 1 aromatic rings. The highest BCUT2D eigenvalue weighted by atomic mass is 35.5. The van der Waals surface area contributed by atoms with Crippen LogP contribution in [0.25, 0.3) is 0 Å². The zero-order valence-electron chi connectivity index (χ0n) is 6.35. The van der Waals surface area contributed by atoms with Crippen LogP contribution < -0.4 is 0 Å². The van der Waals surface area contributed by atoms with Gasteiger partial charge in [-0.25, -0.2) is 4.39 Å². The number of benzene rings is 1. The highest BCUT2D eigenvalue weighted by Crippen LogP contribution is 2.20. The largest absolute Gasteiger partial charge is 0.205 e. The van der Waals surface area contributed by atoms with Gasteiger partial charge >= 0.3 is 0 Å². The van der Waals surface area contributed by atoms with Crippen LogP contribution in [0.3, 0.4) is 0 Å². The fourth-order valence-electron chi connectivity index (χ4n) is 0.932. The van der Waals surface area contributed by atoms with Gasteiger partial charge in [0.1, 0.15) is 5.82 Å². The summed E-state index contributed by atoms with van der Waals surface area (Å²) in [5.74, 6) is -0.424. The molecule has 0 aliphatic carbocycles. The van der Waals surface area contributed by atoms with Crippen molar-refractivity contribution in [2.24, 2.45) is 0 Å². The predicted molar refractivity (Wildman–Crippen MR) is 45.3 cm³/mol. The molecule has 0 heterocycles. The van der Waals surface area contributed by atoms with Gasteiger partial charge in [-0.1, -0.05) is 23.7 Å². The molecule has 0 atom stereocenters. The van der Waals surface area contributed by atoms with E-state index in [-0.39, 0.29) is 5.02 Å². The third kappa shape index (κ3) is 1.96. The normalized spacial score (nSPS) is 9.42. The minimum atomic E-state index is -0.424. The van der Waals surface area contributed by atoms with Crippen molar-refractivity contribution in [1.29, 1.82) is 5.26 Å². The molecule has 0 saturated carbocycles. The second-order valence-corrected chi connectivity index (χ2v) is 2.75. The van der Waals surface area contributed by atoms with Gasteiger partial charge in [-0.15, -0.1) is 0 Å². The monoisotopic (exact) mass is 183 g/mol. The summed E-state index contributed by atoms with van der Waals surface area (Å²) >= 11 is 5.64. The average molecular weight is 184 g/mol. The molecule has 0 aliphatic rings. The Balaban J connectivity index is 2.86. The fourth-order valence-corrected chi connectivity index (χ4v) is 1.15. The minimum Gasteiger partial charge on any atom is -0.205 e. The second kappa shape index (κ2) is 4.08. The van der Waals surface area contributed by atoms with Gasteiger partial charge in [-0.2, -0.15) is 5.26 Å². The minimum absolute atomic E-state index is 0.132. The maximum absolute atomic E-state index is 12.8. The van der Waals surface area contributed by atoms with Gasteiger partial charge in [-0.05, 0) is 18.1 Å². The summed E-state index contributed by atoms with van der Waals surface area (Å²) in [6, 6.07) is 6.60. The number of hydrogen-bond acceptors (Lipinski definition) is 1. The summed E-state index contributed by atoms with van der Waals surface area (Å²) < 4.78 is 12.8.